The van der Waals surface area contributed by atoms with Crippen LogP contribution in [0.1, 0.15) is 21.3 Å². The maximum Gasteiger partial charge on any atom is 0.265 e. The van der Waals surface area contributed by atoms with Crippen LogP contribution in [0.2, 0.25) is 5.02 Å². The molecule has 1 atom stereocenters. The summed E-state index contributed by atoms with van der Waals surface area (Å²) in [5.74, 6) is -0.487. The molecule has 7 heteroatoms. The maximum atomic E-state index is 13.3. The van der Waals surface area contributed by atoms with Crippen LogP contribution in [-0.2, 0) is 0 Å². The van der Waals surface area contributed by atoms with Crippen LogP contribution in [-0.4, -0.2) is 24.7 Å². The topological polar surface area (TPSA) is 58.6 Å². The van der Waals surface area contributed by atoms with Gasteiger partial charge in [-0.2, -0.15) is 0 Å². The first-order valence-corrected chi connectivity index (χ1v) is 7.31. The molecule has 0 fully saturated rings. The van der Waals surface area contributed by atoms with E-state index in [1.165, 1.54) is 30.6 Å². The molecule has 1 unspecified atom stereocenters. The van der Waals surface area contributed by atoms with Crippen molar-refractivity contribution in [3.63, 3.8) is 0 Å². The smallest absolute Gasteiger partial charge is 0.265 e. The standard InChI is InChI=1S/C14H13ClFNO3S/c1-20-12-4-5-21-13(12)14(19)17-7-11(18)8-2-3-9(15)10(16)6-8/h2-6,11,18H,7H2,1H3,(H,17,19). The van der Waals surface area contributed by atoms with Crippen molar-refractivity contribution in [2.75, 3.05) is 13.7 Å². The number of nitrogens with one attached hydrogen (secondary N) is 1. The van der Waals surface area contributed by atoms with Crippen molar-refractivity contribution in [1.82, 2.24) is 5.32 Å². The Balaban J connectivity index is 1.99. The summed E-state index contributed by atoms with van der Waals surface area (Å²) in [7, 11) is 1.48. The van der Waals surface area contributed by atoms with Gasteiger partial charge in [0.05, 0.1) is 18.2 Å². The number of amides is 1. The van der Waals surface area contributed by atoms with E-state index in [1.54, 1.807) is 11.4 Å². The fourth-order valence-electron chi connectivity index (χ4n) is 1.73. The second-order valence-corrected chi connectivity index (χ2v) is 5.54. The summed E-state index contributed by atoms with van der Waals surface area (Å²) < 4.78 is 18.4. The number of carbonyl (C=O) groups excluding carboxylic acids is 1. The molecule has 1 aromatic carbocycles. The molecule has 0 radical (unpaired) electrons. The lowest BCUT2D eigenvalue weighted by Crippen LogP contribution is -2.28. The van der Waals surface area contributed by atoms with Gasteiger partial charge in [0.1, 0.15) is 16.4 Å². The number of aliphatic hydroxyl groups is 1. The first-order valence-electron chi connectivity index (χ1n) is 6.05. The Labute approximate surface area is 130 Å². The van der Waals surface area contributed by atoms with Crippen LogP contribution in [0, 0.1) is 5.82 Å². The van der Waals surface area contributed by atoms with Crippen molar-refractivity contribution in [3.8, 4) is 5.75 Å². The molecule has 2 N–H and O–H groups in total. The highest BCUT2D eigenvalue weighted by Crippen LogP contribution is 2.24. The number of benzene rings is 1. The second-order valence-electron chi connectivity index (χ2n) is 4.22. The molecule has 0 bridgehead atoms. The number of methoxy groups -OCH3 is 1. The summed E-state index contributed by atoms with van der Waals surface area (Å²) in [6, 6.07) is 5.70. The average molecular weight is 330 g/mol. The first-order chi connectivity index (χ1) is 10.0. The molecule has 0 aliphatic heterocycles. The molecule has 2 aromatic rings. The van der Waals surface area contributed by atoms with Gasteiger partial charge in [-0.25, -0.2) is 4.39 Å². The lowest BCUT2D eigenvalue weighted by Gasteiger charge is -2.12. The molecule has 0 spiro atoms. The molecular weight excluding hydrogens is 317 g/mol. The Morgan fingerprint density at radius 1 is 1.52 bits per heavy atom. The summed E-state index contributed by atoms with van der Waals surface area (Å²) in [6.45, 7) is -0.0407. The Bertz CT molecular complexity index is 647. The summed E-state index contributed by atoms with van der Waals surface area (Å²) >= 11 is 6.81. The molecule has 0 saturated carbocycles. The molecule has 2 rings (SSSR count). The van der Waals surface area contributed by atoms with Crippen molar-refractivity contribution >= 4 is 28.8 Å². The van der Waals surface area contributed by atoms with Gasteiger partial charge >= 0.3 is 0 Å². The minimum Gasteiger partial charge on any atom is -0.495 e. The number of hydrogen-bond acceptors (Lipinski definition) is 4. The summed E-state index contributed by atoms with van der Waals surface area (Å²) in [4.78, 5) is 12.4. The molecular formula is C14H13ClFNO3S. The quantitative estimate of drug-likeness (QED) is 0.886. The van der Waals surface area contributed by atoms with Gasteiger partial charge in [-0.1, -0.05) is 17.7 Å². The molecule has 4 nitrogen and oxygen atoms in total. The van der Waals surface area contributed by atoms with Crippen molar-refractivity contribution in [1.29, 1.82) is 0 Å². The predicted octanol–water partition coefficient (Wildman–Crippen LogP) is 3.01. The Morgan fingerprint density at radius 2 is 2.29 bits per heavy atom. The summed E-state index contributed by atoms with van der Waals surface area (Å²) in [5, 5.41) is 14.3. The summed E-state index contributed by atoms with van der Waals surface area (Å²) in [5.41, 5.74) is 0.343. The fourth-order valence-corrected chi connectivity index (χ4v) is 2.62. The normalized spacial score (nSPS) is 12.0. The van der Waals surface area contributed by atoms with Gasteiger partial charge in [0.25, 0.3) is 5.91 Å². The molecule has 1 heterocycles. The zero-order valence-corrected chi connectivity index (χ0v) is 12.7. The third-order valence-electron chi connectivity index (χ3n) is 2.84. The van der Waals surface area contributed by atoms with Crippen LogP contribution < -0.4 is 10.1 Å². The second kappa shape index (κ2) is 6.89. The van der Waals surface area contributed by atoms with Gasteiger partial charge in [-0.3, -0.25) is 4.79 Å². The average Bonchev–Trinajstić information content (AvgIpc) is 2.95. The van der Waals surface area contributed by atoms with Gasteiger partial charge in [0.15, 0.2) is 0 Å². The largest absolute Gasteiger partial charge is 0.495 e. The predicted molar refractivity (Wildman–Crippen MR) is 79.6 cm³/mol. The zero-order valence-electron chi connectivity index (χ0n) is 11.1. The zero-order chi connectivity index (χ0) is 15.4. The van der Waals surface area contributed by atoms with Crippen LogP contribution in [0.5, 0.6) is 5.75 Å². The minimum atomic E-state index is -1.02. The number of halogens is 2. The van der Waals surface area contributed by atoms with Gasteiger partial charge in [-0.05, 0) is 29.1 Å². The van der Waals surface area contributed by atoms with Gasteiger partial charge in [0.2, 0.25) is 0 Å². The molecule has 112 valence electrons. The van der Waals surface area contributed by atoms with Crippen LogP contribution in [0.25, 0.3) is 0 Å². The van der Waals surface area contributed by atoms with Gasteiger partial charge in [0, 0.05) is 6.54 Å². The Hall–Kier alpha value is -1.63. The molecule has 0 saturated heterocycles. The molecule has 21 heavy (non-hydrogen) atoms. The maximum absolute atomic E-state index is 13.3. The van der Waals surface area contributed by atoms with E-state index in [0.29, 0.717) is 16.2 Å². The van der Waals surface area contributed by atoms with Crippen molar-refractivity contribution < 1.29 is 19.0 Å². The van der Waals surface area contributed by atoms with Gasteiger partial charge in [-0.15, -0.1) is 11.3 Å². The van der Waals surface area contributed by atoms with Crippen molar-refractivity contribution in [2.24, 2.45) is 0 Å². The number of hydrogen-bond donors (Lipinski definition) is 2. The highest BCUT2D eigenvalue weighted by atomic mass is 35.5. The van der Waals surface area contributed by atoms with E-state index in [2.05, 4.69) is 5.32 Å². The van der Waals surface area contributed by atoms with E-state index in [9.17, 15) is 14.3 Å². The van der Waals surface area contributed by atoms with E-state index in [1.807, 2.05) is 0 Å². The minimum absolute atomic E-state index is 0.0155. The highest BCUT2D eigenvalue weighted by molar-refractivity contribution is 7.12. The van der Waals surface area contributed by atoms with Gasteiger partial charge < -0.3 is 15.2 Å². The number of ether oxygens (including phenoxy) is 1. The molecule has 0 aliphatic rings. The fraction of sp³-hybridized carbons (Fsp3) is 0.214. The highest BCUT2D eigenvalue weighted by Gasteiger charge is 2.16. The third-order valence-corrected chi connectivity index (χ3v) is 4.04. The van der Waals surface area contributed by atoms with E-state index in [-0.39, 0.29) is 17.5 Å². The number of carbonyl (C=O) groups is 1. The van der Waals surface area contributed by atoms with Crippen molar-refractivity contribution in [3.05, 3.63) is 50.9 Å². The number of rotatable bonds is 5. The van der Waals surface area contributed by atoms with Crippen molar-refractivity contribution in [2.45, 2.75) is 6.10 Å². The van der Waals surface area contributed by atoms with Crippen LogP contribution in [0.15, 0.2) is 29.6 Å². The lowest BCUT2D eigenvalue weighted by molar-refractivity contribution is 0.0917. The van der Waals surface area contributed by atoms with E-state index < -0.39 is 11.9 Å². The monoisotopic (exact) mass is 329 g/mol. The Morgan fingerprint density at radius 3 is 2.95 bits per heavy atom. The van der Waals surface area contributed by atoms with Crippen LogP contribution >= 0.6 is 22.9 Å². The Kier molecular flexibility index (Phi) is 5.17. The number of thiophene rings is 1. The molecule has 1 amide bonds. The molecule has 1 aromatic heterocycles. The van der Waals surface area contributed by atoms with E-state index in [4.69, 9.17) is 16.3 Å². The van der Waals surface area contributed by atoms with Crippen LogP contribution in [0.4, 0.5) is 4.39 Å². The van der Waals surface area contributed by atoms with Crippen LogP contribution in [0.3, 0.4) is 0 Å². The van der Waals surface area contributed by atoms with E-state index in [0.717, 1.165) is 6.07 Å². The summed E-state index contributed by atoms with van der Waals surface area (Å²) in [6.07, 6.45) is -1.02. The third kappa shape index (κ3) is 3.72. The number of aliphatic hydroxyl groups excluding tert-OH is 1. The van der Waals surface area contributed by atoms with E-state index >= 15 is 0 Å². The SMILES string of the molecule is COc1ccsc1C(=O)NCC(O)c1ccc(Cl)c(F)c1. The molecule has 0 aliphatic carbocycles. The lowest BCUT2D eigenvalue weighted by atomic mass is 10.1. The first kappa shape index (κ1) is 15.8.